The third-order valence-electron chi connectivity index (χ3n) is 3.05. The van der Waals surface area contributed by atoms with Crippen molar-refractivity contribution in [3.8, 4) is 0 Å². The molecule has 0 radical (unpaired) electrons. The van der Waals surface area contributed by atoms with E-state index in [4.69, 9.17) is 11.6 Å². The van der Waals surface area contributed by atoms with Gasteiger partial charge in [0.1, 0.15) is 0 Å². The summed E-state index contributed by atoms with van der Waals surface area (Å²) in [7, 11) is 0. The van der Waals surface area contributed by atoms with E-state index in [1.54, 1.807) is 29.2 Å². The van der Waals surface area contributed by atoms with Crippen LogP contribution in [0, 0.1) is 0 Å². The molecule has 2 aliphatic rings. The Balaban J connectivity index is 1.77. The van der Waals surface area contributed by atoms with Gasteiger partial charge >= 0.3 is 0 Å². The molecule has 0 saturated heterocycles. The Kier molecular flexibility index (Phi) is 3.98. The lowest BCUT2D eigenvalue weighted by atomic mass is 10.3. The first kappa shape index (κ1) is 14.2. The molecule has 0 atom stereocenters. The minimum atomic E-state index is -0.330. The van der Waals surface area contributed by atoms with E-state index in [0.29, 0.717) is 33.9 Å². The van der Waals surface area contributed by atoms with Gasteiger partial charge in [-0.25, -0.2) is 0 Å². The van der Waals surface area contributed by atoms with Crippen LogP contribution in [0.25, 0.3) is 0 Å². The van der Waals surface area contributed by atoms with E-state index in [9.17, 15) is 9.59 Å². The van der Waals surface area contributed by atoms with Crippen molar-refractivity contribution in [1.82, 2.24) is 4.90 Å². The summed E-state index contributed by atoms with van der Waals surface area (Å²) >= 11 is 7.10. The smallest absolute Gasteiger partial charge is 0.262 e. The number of nitrogens with one attached hydrogen (secondary N) is 1. The Morgan fingerprint density at radius 3 is 3.10 bits per heavy atom. The molecule has 0 saturated carbocycles. The van der Waals surface area contributed by atoms with Crippen LogP contribution < -0.4 is 5.32 Å². The number of hydrogen-bond acceptors (Lipinski definition) is 4. The zero-order valence-electron chi connectivity index (χ0n) is 11.0. The average Bonchev–Trinajstić information content (AvgIpc) is 2.47. The largest absolute Gasteiger partial charge is 0.321 e. The van der Waals surface area contributed by atoms with Crippen LogP contribution in [0.1, 0.15) is 6.42 Å². The zero-order valence-corrected chi connectivity index (χ0v) is 12.6. The van der Waals surface area contributed by atoms with Gasteiger partial charge in [-0.15, -0.1) is 0 Å². The third kappa shape index (κ3) is 3.11. The van der Waals surface area contributed by atoms with E-state index in [1.807, 2.05) is 0 Å². The number of hydrogen-bond donors (Lipinski definition) is 1. The minimum absolute atomic E-state index is 0.191. The number of nitrogens with zero attached hydrogens (tertiary/aromatic N) is 2. The summed E-state index contributed by atoms with van der Waals surface area (Å²) in [5.41, 5.74) is 0.592. The summed E-state index contributed by atoms with van der Waals surface area (Å²) in [6.07, 6.45) is 2.21. The molecule has 0 spiro atoms. The molecule has 2 heterocycles. The number of aliphatic imine (C=N–C) groups is 1. The van der Waals surface area contributed by atoms with Gasteiger partial charge in [-0.3, -0.25) is 19.5 Å². The summed E-state index contributed by atoms with van der Waals surface area (Å²) in [4.78, 5) is 30.5. The molecule has 1 aromatic carbocycles. The molecule has 2 aliphatic heterocycles. The Morgan fingerprint density at radius 1 is 1.43 bits per heavy atom. The summed E-state index contributed by atoms with van der Waals surface area (Å²) in [5.74, 6) is -0.521. The lowest BCUT2D eigenvalue weighted by molar-refractivity contribution is -0.123. The SMILES string of the molecule is O=C(Nc1cccc(Cl)c1)C1=CC(=O)N2CCCN=C2S1. The fraction of sp³-hybridized carbons (Fsp3) is 0.214. The minimum Gasteiger partial charge on any atom is -0.321 e. The number of amides is 2. The van der Waals surface area contributed by atoms with Crippen LogP contribution in [0.3, 0.4) is 0 Å². The molecule has 0 unspecified atom stereocenters. The molecule has 3 rings (SSSR count). The Morgan fingerprint density at radius 2 is 2.29 bits per heavy atom. The van der Waals surface area contributed by atoms with Crippen LogP contribution in [-0.4, -0.2) is 35.0 Å². The molecule has 0 aliphatic carbocycles. The molecular weight excluding hydrogens is 310 g/mol. The van der Waals surface area contributed by atoms with Gasteiger partial charge in [0, 0.05) is 29.9 Å². The van der Waals surface area contributed by atoms with Crippen molar-refractivity contribution in [3.05, 3.63) is 40.3 Å². The lowest BCUT2D eigenvalue weighted by Gasteiger charge is -2.29. The predicted molar refractivity (Wildman–Crippen MR) is 84.4 cm³/mol. The first-order chi connectivity index (χ1) is 10.1. The molecule has 1 aromatic rings. The summed E-state index contributed by atoms with van der Waals surface area (Å²) in [6, 6.07) is 6.87. The van der Waals surface area contributed by atoms with Gasteiger partial charge in [0.25, 0.3) is 11.8 Å². The van der Waals surface area contributed by atoms with Crippen molar-refractivity contribution in [1.29, 1.82) is 0 Å². The van der Waals surface area contributed by atoms with Gasteiger partial charge in [-0.1, -0.05) is 17.7 Å². The highest BCUT2D eigenvalue weighted by Crippen LogP contribution is 2.29. The molecule has 0 fully saturated rings. The van der Waals surface area contributed by atoms with Gasteiger partial charge in [0.15, 0.2) is 5.17 Å². The number of anilines is 1. The van der Waals surface area contributed by atoms with E-state index in [-0.39, 0.29) is 11.8 Å². The number of carbonyl (C=O) groups excluding carboxylic acids is 2. The standard InChI is InChI=1S/C14H12ClN3O2S/c15-9-3-1-4-10(7-9)17-13(20)11-8-12(19)18-6-2-5-16-14(18)21-11/h1,3-4,7-8H,2,5-6H2,(H,17,20). The molecule has 1 N–H and O–H groups in total. The quantitative estimate of drug-likeness (QED) is 0.910. The zero-order chi connectivity index (χ0) is 14.8. The van der Waals surface area contributed by atoms with E-state index in [2.05, 4.69) is 10.3 Å². The van der Waals surface area contributed by atoms with Crippen molar-refractivity contribution in [3.63, 3.8) is 0 Å². The van der Waals surface area contributed by atoms with Crippen LogP contribution >= 0.6 is 23.4 Å². The summed E-state index contributed by atoms with van der Waals surface area (Å²) in [6.45, 7) is 1.35. The van der Waals surface area contributed by atoms with Crippen LogP contribution in [0.5, 0.6) is 0 Å². The van der Waals surface area contributed by atoms with Crippen molar-refractivity contribution in [2.75, 3.05) is 18.4 Å². The van der Waals surface area contributed by atoms with Crippen molar-refractivity contribution in [2.24, 2.45) is 4.99 Å². The van der Waals surface area contributed by atoms with Crippen molar-refractivity contribution in [2.45, 2.75) is 6.42 Å². The highest BCUT2D eigenvalue weighted by atomic mass is 35.5. The average molecular weight is 322 g/mol. The summed E-state index contributed by atoms with van der Waals surface area (Å²) < 4.78 is 0. The first-order valence-electron chi connectivity index (χ1n) is 6.46. The number of amidine groups is 1. The molecule has 0 aromatic heterocycles. The van der Waals surface area contributed by atoms with Gasteiger partial charge in [-0.05, 0) is 36.4 Å². The lowest BCUT2D eigenvalue weighted by Crippen LogP contribution is -2.41. The maximum atomic E-state index is 12.2. The molecule has 2 amide bonds. The van der Waals surface area contributed by atoms with Crippen molar-refractivity contribution >= 4 is 46.0 Å². The Bertz CT molecular complexity index is 672. The molecule has 21 heavy (non-hydrogen) atoms. The maximum absolute atomic E-state index is 12.2. The fourth-order valence-electron chi connectivity index (χ4n) is 2.07. The van der Waals surface area contributed by atoms with Gasteiger partial charge in [-0.2, -0.15) is 0 Å². The number of rotatable bonds is 2. The van der Waals surface area contributed by atoms with Gasteiger partial charge in [0.2, 0.25) is 0 Å². The maximum Gasteiger partial charge on any atom is 0.262 e. The number of carbonyl (C=O) groups is 2. The Hall–Kier alpha value is -1.79. The van der Waals surface area contributed by atoms with Crippen LogP contribution in [0.4, 0.5) is 5.69 Å². The molecule has 108 valence electrons. The van der Waals surface area contributed by atoms with Crippen LogP contribution in [0.2, 0.25) is 5.02 Å². The second kappa shape index (κ2) is 5.91. The van der Waals surface area contributed by atoms with Crippen molar-refractivity contribution < 1.29 is 9.59 Å². The predicted octanol–water partition coefficient (Wildman–Crippen LogP) is 2.50. The van der Waals surface area contributed by atoms with E-state index in [0.717, 1.165) is 6.42 Å². The number of benzene rings is 1. The number of fused-ring (bicyclic) bond motifs is 1. The number of halogens is 1. The molecular formula is C14H12ClN3O2S. The van der Waals surface area contributed by atoms with Crippen LogP contribution in [-0.2, 0) is 9.59 Å². The fourth-order valence-corrected chi connectivity index (χ4v) is 3.20. The van der Waals surface area contributed by atoms with E-state index in [1.165, 1.54) is 17.8 Å². The second-order valence-electron chi connectivity index (χ2n) is 4.58. The summed E-state index contributed by atoms with van der Waals surface area (Å²) in [5, 5.41) is 3.87. The monoisotopic (exact) mass is 321 g/mol. The van der Waals surface area contributed by atoms with Gasteiger partial charge in [0.05, 0.1) is 4.91 Å². The second-order valence-corrected chi connectivity index (χ2v) is 6.03. The topological polar surface area (TPSA) is 61.8 Å². The van der Waals surface area contributed by atoms with Crippen LogP contribution in [0.15, 0.2) is 40.2 Å². The molecule has 7 heteroatoms. The van der Waals surface area contributed by atoms with E-state index < -0.39 is 0 Å². The molecule has 0 bridgehead atoms. The number of thioether (sulfide) groups is 1. The highest BCUT2D eigenvalue weighted by Gasteiger charge is 2.30. The normalized spacial score (nSPS) is 17.8. The van der Waals surface area contributed by atoms with Gasteiger partial charge < -0.3 is 5.32 Å². The van der Waals surface area contributed by atoms with E-state index >= 15 is 0 Å². The Labute approximate surface area is 131 Å². The highest BCUT2D eigenvalue weighted by molar-refractivity contribution is 8.18. The third-order valence-corrected chi connectivity index (χ3v) is 4.34. The molecule has 5 nitrogen and oxygen atoms in total. The first-order valence-corrected chi connectivity index (χ1v) is 7.65.